The Bertz CT molecular complexity index is 966. The Morgan fingerprint density at radius 1 is 0.720 bits per heavy atom. The highest BCUT2D eigenvalue weighted by molar-refractivity contribution is 7.92. The summed E-state index contributed by atoms with van der Waals surface area (Å²) in [6.07, 6.45) is 0. The van der Waals surface area contributed by atoms with Gasteiger partial charge in [-0.05, 0) is 29.2 Å². The standard InChI is InChI=1S/C22H20O2S/c1-17-21(18-11-5-2-6-12-18)22(17,19-13-7-3-8-14-19)25(23,24)20-15-9-4-10-16-20/h2-17,21H,1H3/t17-,21?,22?/m0/s1. The molecular formula is C22H20O2S. The summed E-state index contributed by atoms with van der Waals surface area (Å²) >= 11 is 0. The van der Waals surface area contributed by atoms with Crippen LogP contribution >= 0.6 is 0 Å². The van der Waals surface area contributed by atoms with Crippen molar-refractivity contribution in [3.63, 3.8) is 0 Å². The van der Waals surface area contributed by atoms with E-state index in [9.17, 15) is 8.42 Å². The molecule has 1 aliphatic rings. The minimum atomic E-state index is -3.53. The maximum absolute atomic E-state index is 13.7. The molecule has 1 fully saturated rings. The molecule has 2 unspecified atom stereocenters. The van der Waals surface area contributed by atoms with Crippen LogP contribution in [0.3, 0.4) is 0 Å². The summed E-state index contributed by atoms with van der Waals surface area (Å²) in [6.45, 7) is 2.05. The second-order valence-electron chi connectivity index (χ2n) is 6.65. The average molecular weight is 348 g/mol. The van der Waals surface area contributed by atoms with Crippen molar-refractivity contribution < 1.29 is 8.42 Å². The van der Waals surface area contributed by atoms with Crippen molar-refractivity contribution in [1.29, 1.82) is 0 Å². The molecule has 126 valence electrons. The van der Waals surface area contributed by atoms with E-state index in [4.69, 9.17) is 0 Å². The van der Waals surface area contributed by atoms with Gasteiger partial charge in [-0.25, -0.2) is 8.42 Å². The minimum Gasteiger partial charge on any atom is -0.223 e. The molecule has 1 aliphatic carbocycles. The van der Waals surface area contributed by atoms with Crippen molar-refractivity contribution in [3.05, 3.63) is 102 Å². The van der Waals surface area contributed by atoms with E-state index in [1.165, 1.54) is 0 Å². The SMILES string of the molecule is C[C@H]1C(c2ccccc2)C1(c1ccccc1)S(=O)(=O)c1ccccc1. The van der Waals surface area contributed by atoms with Gasteiger partial charge in [0.1, 0.15) is 4.75 Å². The predicted molar refractivity (Wildman–Crippen MR) is 100 cm³/mol. The van der Waals surface area contributed by atoms with E-state index in [0.717, 1.165) is 11.1 Å². The van der Waals surface area contributed by atoms with Crippen LogP contribution in [0.4, 0.5) is 0 Å². The highest BCUT2D eigenvalue weighted by Gasteiger charge is 2.71. The second kappa shape index (κ2) is 5.85. The largest absolute Gasteiger partial charge is 0.223 e. The average Bonchev–Trinajstić information content (AvgIpc) is 3.31. The van der Waals surface area contributed by atoms with E-state index in [1.807, 2.05) is 73.7 Å². The second-order valence-corrected chi connectivity index (χ2v) is 8.81. The number of benzene rings is 3. The summed E-state index contributed by atoms with van der Waals surface area (Å²) < 4.78 is 26.5. The van der Waals surface area contributed by atoms with Gasteiger partial charge in [0, 0.05) is 5.92 Å². The summed E-state index contributed by atoms with van der Waals surface area (Å²) in [7, 11) is -3.53. The third-order valence-corrected chi connectivity index (χ3v) is 8.05. The molecule has 2 nitrogen and oxygen atoms in total. The molecule has 3 aromatic carbocycles. The Morgan fingerprint density at radius 3 is 1.76 bits per heavy atom. The van der Waals surface area contributed by atoms with Crippen LogP contribution in [-0.4, -0.2) is 8.42 Å². The summed E-state index contributed by atoms with van der Waals surface area (Å²) in [4.78, 5) is 0.393. The lowest BCUT2D eigenvalue weighted by atomic mass is 10.0. The molecule has 3 heteroatoms. The number of hydrogen-bond donors (Lipinski definition) is 0. The summed E-state index contributed by atoms with van der Waals surface area (Å²) in [5.41, 5.74) is 1.96. The van der Waals surface area contributed by atoms with E-state index < -0.39 is 14.6 Å². The van der Waals surface area contributed by atoms with Gasteiger partial charge < -0.3 is 0 Å². The van der Waals surface area contributed by atoms with Gasteiger partial charge in [0.2, 0.25) is 0 Å². The third kappa shape index (κ3) is 2.26. The number of sulfone groups is 1. The van der Waals surface area contributed by atoms with Crippen LogP contribution in [-0.2, 0) is 14.6 Å². The van der Waals surface area contributed by atoms with Gasteiger partial charge in [0.05, 0.1) is 4.90 Å². The van der Waals surface area contributed by atoms with Crippen LogP contribution in [0.25, 0.3) is 0 Å². The molecule has 0 N–H and O–H groups in total. The van der Waals surface area contributed by atoms with Crippen LogP contribution in [0.15, 0.2) is 95.9 Å². The maximum Gasteiger partial charge on any atom is 0.189 e. The van der Waals surface area contributed by atoms with Gasteiger partial charge >= 0.3 is 0 Å². The zero-order chi connectivity index (χ0) is 17.5. The summed E-state index contributed by atoms with van der Waals surface area (Å²) in [6, 6.07) is 28.5. The fourth-order valence-corrected chi connectivity index (χ4v) is 6.81. The fraction of sp³-hybridized carbons (Fsp3) is 0.182. The van der Waals surface area contributed by atoms with E-state index in [2.05, 4.69) is 0 Å². The summed E-state index contributed by atoms with van der Waals surface area (Å²) in [5.74, 6) is -0.0242. The molecular weight excluding hydrogens is 328 g/mol. The molecule has 3 atom stereocenters. The number of hydrogen-bond acceptors (Lipinski definition) is 2. The van der Waals surface area contributed by atoms with Crippen molar-refractivity contribution in [2.75, 3.05) is 0 Å². The Balaban J connectivity index is 1.94. The normalized spacial score (nSPS) is 25.5. The van der Waals surface area contributed by atoms with Gasteiger partial charge in [0.15, 0.2) is 9.84 Å². The lowest BCUT2D eigenvalue weighted by Gasteiger charge is -2.20. The van der Waals surface area contributed by atoms with Crippen LogP contribution in [0.5, 0.6) is 0 Å². The Hall–Kier alpha value is -2.39. The van der Waals surface area contributed by atoms with Crippen LogP contribution in [0.2, 0.25) is 0 Å². The van der Waals surface area contributed by atoms with Gasteiger partial charge in [0.25, 0.3) is 0 Å². The maximum atomic E-state index is 13.7. The Labute approximate surface area is 149 Å². The van der Waals surface area contributed by atoms with Gasteiger partial charge in [-0.3, -0.25) is 0 Å². The smallest absolute Gasteiger partial charge is 0.189 e. The topological polar surface area (TPSA) is 34.1 Å². The highest BCUT2D eigenvalue weighted by atomic mass is 32.2. The molecule has 1 saturated carbocycles. The van der Waals surface area contributed by atoms with Crippen molar-refractivity contribution in [3.8, 4) is 0 Å². The molecule has 0 saturated heterocycles. The van der Waals surface area contributed by atoms with Crippen molar-refractivity contribution in [2.24, 2.45) is 5.92 Å². The first-order chi connectivity index (χ1) is 12.1. The lowest BCUT2D eigenvalue weighted by Crippen LogP contribution is -2.25. The Kier molecular flexibility index (Phi) is 3.77. The van der Waals surface area contributed by atoms with Crippen LogP contribution in [0.1, 0.15) is 24.0 Å². The van der Waals surface area contributed by atoms with Crippen LogP contribution in [0, 0.1) is 5.92 Å². The van der Waals surface area contributed by atoms with Gasteiger partial charge in [-0.2, -0.15) is 0 Å². The van der Waals surface area contributed by atoms with Crippen molar-refractivity contribution in [1.82, 2.24) is 0 Å². The first-order valence-corrected chi connectivity index (χ1v) is 9.98. The quantitative estimate of drug-likeness (QED) is 0.679. The fourth-order valence-electron chi connectivity index (χ4n) is 4.23. The van der Waals surface area contributed by atoms with Gasteiger partial charge in [-0.15, -0.1) is 0 Å². The van der Waals surface area contributed by atoms with Crippen molar-refractivity contribution >= 4 is 9.84 Å². The van der Waals surface area contributed by atoms with E-state index >= 15 is 0 Å². The molecule has 0 aromatic heterocycles. The predicted octanol–water partition coefficient (Wildman–Crippen LogP) is 4.79. The first-order valence-electron chi connectivity index (χ1n) is 8.50. The molecule has 25 heavy (non-hydrogen) atoms. The summed E-state index contributed by atoms with van der Waals surface area (Å²) in [5, 5.41) is 0. The van der Waals surface area contributed by atoms with E-state index in [-0.39, 0.29) is 11.8 Å². The molecule has 0 heterocycles. The van der Waals surface area contributed by atoms with Crippen molar-refractivity contribution in [2.45, 2.75) is 22.5 Å². The Morgan fingerprint density at radius 2 is 1.20 bits per heavy atom. The highest BCUT2D eigenvalue weighted by Crippen LogP contribution is 2.69. The molecule has 0 aliphatic heterocycles. The first kappa shape index (κ1) is 16.1. The van der Waals surface area contributed by atoms with Crippen LogP contribution < -0.4 is 0 Å². The zero-order valence-electron chi connectivity index (χ0n) is 14.0. The molecule has 0 spiro atoms. The molecule has 0 bridgehead atoms. The lowest BCUT2D eigenvalue weighted by molar-refractivity contribution is 0.573. The minimum absolute atomic E-state index is 0.0162. The monoisotopic (exact) mass is 348 g/mol. The third-order valence-electron chi connectivity index (χ3n) is 5.41. The molecule has 0 amide bonds. The molecule has 3 aromatic rings. The molecule has 0 radical (unpaired) electrons. The molecule has 4 rings (SSSR count). The van der Waals surface area contributed by atoms with Gasteiger partial charge in [-0.1, -0.05) is 85.8 Å². The van der Waals surface area contributed by atoms with E-state index in [1.54, 1.807) is 24.3 Å². The van der Waals surface area contributed by atoms with E-state index in [0.29, 0.717) is 4.90 Å². The zero-order valence-corrected chi connectivity index (χ0v) is 14.9. The number of rotatable bonds is 4.